The van der Waals surface area contributed by atoms with E-state index >= 15 is 0 Å². The lowest BCUT2D eigenvalue weighted by Crippen LogP contribution is -2.37. The van der Waals surface area contributed by atoms with Crippen molar-refractivity contribution in [2.75, 3.05) is 0 Å². The molecule has 0 spiro atoms. The van der Waals surface area contributed by atoms with E-state index in [9.17, 15) is 9.59 Å². The number of rotatable bonds is 6. The molecule has 0 bridgehead atoms. The molecule has 0 aliphatic heterocycles. The van der Waals surface area contributed by atoms with Gasteiger partial charge in [0.25, 0.3) is 0 Å². The molecule has 1 N–H and O–H groups in total. The molecule has 0 unspecified atom stereocenters. The molecular formula is C18H25NO3. The van der Waals surface area contributed by atoms with Crippen molar-refractivity contribution in [3.05, 3.63) is 48.0 Å². The molecule has 0 heterocycles. The average molecular weight is 303 g/mol. The van der Waals surface area contributed by atoms with Crippen LogP contribution in [0.15, 0.2) is 42.5 Å². The Morgan fingerprint density at radius 3 is 2.41 bits per heavy atom. The second kappa shape index (κ2) is 8.37. The summed E-state index contributed by atoms with van der Waals surface area (Å²) in [7, 11) is 0. The van der Waals surface area contributed by atoms with Gasteiger partial charge in [-0.05, 0) is 33.3 Å². The molecule has 0 radical (unpaired) electrons. The van der Waals surface area contributed by atoms with E-state index in [-0.39, 0.29) is 24.3 Å². The Kier molecular flexibility index (Phi) is 6.83. The third kappa shape index (κ3) is 7.62. The molecule has 0 fully saturated rings. The van der Waals surface area contributed by atoms with Gasteiger partial charge in [-0.3, -0.25) is 9.59 Å². The molecule has 4 nitrogen and oxygen atoms in total. The van der Waals surface area contributed by atoms with Gasteiger partial charge in [-0.2, -0.15) is 0 Å². The number of nitrogens with one attached hydrogen (secondary N) is 1. The topological polar surface area (TPSA) is 55.4 Å². The minimum atomic E-state index is -0.522. The van der Waals surface area contributed by atoms with Crippen molar-refractivity contribution in [1.29, 1.82) is 0 Å². The molecule has 1 rings (SSSR count). The first-order valence-corrected chi connectivity index (χ1v) is 7.48. The fraction of sp³-hybridized carbons (Fsp3) is 0.444. The maximum Gasteiger partial charge on any atom is 0.308 e. The summed E-state index contributed by atoms with van der Waals surface area (Å²) in [6, 6.07) is 9.15. The lowest BCUT2D eigenvalue weighted by Gasteiger charge is -2.21. The van der Waals surface area contributed by atoms with E-state index in [2.05, 4.69) is 5.32 Å². The Morgan fingerprint density at radius 2 is 1.86 bits per heavy atom. The molecule has 1 aromatic carbocycles. The third-order valence-corrected chi connectivity index (χ3v) is 2.79. The fourth-order valence-corrected chi connectivity index (χ4v) is 2.00. The van der Waals surface area contributed by atoms with Gasteiger partial charge >= 0.3 is 5.97 Å². The lowest BCUT2D eigenvalue weighted by atomic mass is 10.1. The average Bonchev–Trinajstić information content (AvgIpc) is 2.37. The van der Waals surface area contributed by atoms with Crippen LogP contribution in [-0.2, 0) is 20.7 Å². The van der Waals surface area contributed by atoms with Crippen LogP contribution in [0.5, 0.6) is 0 Å². The van der Waals surface area contributed by atoms with Gasteiger partial charge in [0.2, 0.25) is 5.91 Å². The Morgan fingerprint density at radius 1 is 1.23 bits per heavy atom. The molecular weight excluding hydrogens is 278 g/mol. The second-order valence-electron chi connectivity index (χ2n) is 6.15. The van der Waals surface area contributed by atoms with Crippen molar-refractivity contribution in [2.45, 2.75) is 52.2 Å². The quantitative estimate of drug-likeness (QED) is 0.649. The number of amides is 1. The Hall–Kier alpha value is -2.10. The number of esters is 1. The van der Waals surface area contributed by atoms with E-state index in [4.69, 9.17) is 4.74 Å². The first-order chi connectivity index (χ1) is 10.3. The van der Waals surface area contributed by atoms with Gasteiger partial charge in [-0.1, -0.05) is 42.5 Å². The molecule has 0 saturated heterocycles. The van der Waals surface area contributed by atoms with E-state index in [1.165, 1.54) is 0 Å². The van der Waals surface area contributed by atoms with Crippen molar-refractivity contribution in [3.8, 4) is 0 Å². The number of allylic oxidation sites excluding steroid dienone is 1. The van der Waals surface area contributed by atoms with Crippen LogP contribution in [0, 0.1) is 0 Å². The van der Waals surface area contributed by atoms with Crippen LogP contribution in [0.25, 0.3) is 0 Å². The van der Waals surface area contributed by atoms with Gasteiger partial charge in [-0.25, -0.2) is 0 Å². The van der Waals surface area contributed by atoms with E-state index in [1.807, 2.05) is 64.1 Å². The maximum absolute atomic E-state index is 12.1. The molecule has 0 saturated carbocycles. The summed E-state index contributed by atoms with van der Waals surface area (Å²) >= 11 is 0. The van der Waals surface area contributed by atoms with Crippen LogP contribution < -0.4 is 5.32 Å². The van der Waals surface area contributed by atoms with Crippen molar-refractivity contribution in [3.63, 3.8) is 0 Å². The first kappa shape index (κ1) is 18.0. The zero-order chi connectivity index (χ0) is 16.6. The maximum atomic E-state index is 12.1. The summed E-state index contributed by atoms with van der Waals surface area (Å²) < 4.78 is 5.29. The van der Waals surface area contributed by atoms with Crippen LogP contribution in [0.4, 0.5) is 0 Å². The highest BCUT2D eigenvalue weighted by Gasteiger charge is 2.20. The monoisotopic (exact) mass is 303 g/mol. The predicted molar refractivity (Wildman–Crippen MR) is 87.4 cm³/mol. The molecule has 0 aromatic heterocycles. The minimum absolute atomic E-state index is 0.113. The number of benzene rings is 1. The molecule has 4 heteroatoms. The van der Waals surface area contributed by atoms with Gasteiger partial charge < -0.3 is 10.1 Å². The first-order valence-electron chi connectivity index (χ1n) is 7.48. The molecule has 0 aliphatic carbocycles. The Bertz CT molecular complexity index is 515. The highest BCUT2D eigenvalue weighted by Crippen LogP contribution is 2.10. The predicted octanol–water partition coefficient (Wildman–Crippen LogP) is 3.02. The van der Waals surface area contributed by atoms with Crippen LogP contribution in [0.1, 0.15) is 39.7 Å². The van der Waals surface area contributed by atoms with Crippen molar-refractivity contribution in [1.82, 2.24) is 5.32 Å². The van der Waals surface area contributed by atoms with E-state index in [1.54, 1.807) is 6.08 Å². The van der Waals surface area contributed by atoms with Gasteiger partial charge in [0.1, 0.15) is 5.60 Å². The summed E-state index contributed by atoms with van der Waals surface area (Å²) in [5.41, 5.74) is 0.419. The highest BCUT2D eigenvalue weighted by atomic mass is 16.6. The Balaban J connectivity index is 2.56. The molecule has 1 atom stereocenters. The number of ether oxygens (including phenoxy) is 1. The third-order valence-electron chi connectivity index (χ3n) is 2.79. The smallest absolute Gasteiger partial charge is 0.308 e. The second-order valence-corrected chi connectivity index (χ2v) is 6.15. The van der Waals surface area contributed by atoms with E-state index in [0.717, 1.165) is 5.56 Å². The number of hydrogen-bond donors (Lipinski definition) is 1. The number of carbonyl (C=O) groups is 2. The molecule has 1 aromatic rings. The van der Waals surface area contributed by atoms with Gasteiger partial charge in [0, 0.05) is 0 Å². The lowest BCUT2D eigenvalue weighted by molar-refractivity contribution is -0.155. The van der Waals surface area contributed by atoms with Crippen LogP contribution in [-0.4, -0.2) is 23.5 Å². The van der Waals surface area contributed by atoms with Crippen molar-refractivity contribution >= 4 is 11.9 Å². The van der Waals surface area contributed by atoms with Crippen molar-refractivity contribution in [2.24, 2.45) is 0 Å². The SMILES string of the molecule is C/C=C/[C@@H](CC(=O)OC(C)(C)C)NC(=O)Cc1ccccc1. The van der Waals surface area contributed by atoms with Crippen LogP contribution >= 0.6 is 0 Å². The highest BCUT2D eigenvalue weighted by molar-refractivity contribution is 5.80. The summed E-state index contributed by atoms with van der Waals surface area (Å²) in [6.07, 6.45) is 4.04. The summed E-state index contributed by atoms with van der Waals surface area (Å²) in [5.74, 6) is -0.437. The van der Waals surface area contributed by atoms with Crippen LogP contribution in [0.2, 0.25) is 0 Å². The summed E-state index contributed by atoms with van der Waals surface area (Å²) in [6.45, 7) is 7.32. The molecule has 0 aliphatic rings. The zero-order valence-corrected chi connectivity index (χ0v) is 13.8. The standard InChI is InChI=1S/C18H25NO3/c1-5-9-15(13-17(21)22-18(2,3)4)19-16(20)12-14-10-7-6-8-11-14/h5-11,15H,12-13H2,1-4H3,(H,19,20)/b9-5+/t15-/m0/s1. The molecule has 120 valence electrons. The minimum Gasteiger partial charge on any atom is -0.460 e. The summed E-state index contributed by atoms with van der Waals surface area (Å²) in [4.78, 5) is 23.9. The largest absolute Gasteiger partial charge is 0.460 e. The summed E-state index contributed by atoms with van der Waals surface area (Å²) in [5, 5.41) is 2.86. The molecule has 22 heavy (non-hydrogen) atoms. The fourth-order valence-electron chi connectivity index (χ4n) is 2.00. The van der Waals surface area contributed by atoms with Gasteiger partial charge in [0.05, 0.1) is 18.9 Å². The van der Waals surface area contributed by atoms with Gasteiger partial charge in [0.15, 0.2) is 0 Å². The zero-order valence-electron chi connectivity index (χ0n) is 13.8. The Labute approximate surface area is 132 Å². The van der Waals surface area contributed by atoms with E-state index < -0.39 is 5.60 Å². The van der Waals surface area contributed by atoms with Crippen LogP contribution in [0.3, 0.4) is 0 Å². The molecule has 1 amide bonds. The number of hydrogen-bond acceptors (Lipinski definition) is 3. The number of carbonyl (C=O) groups excluding carboxylic acids is 2. The van der Waals surface area contributed by atoms with E-state index in [0.29, 0.717) is 6.42 Å². The van der Waals surface area contributed by atoms with Gasteiger partial charge in [-0.15, -0.1) is 0 Å². The van der Waals surface area contributed by atoms with Crippen molar-refractivity contribution < 1.29 is 14.3 Å². The normalized spacial score (nSPS) is 12.9.